The number of aliphatic carboxylic acids is 1. The van der Waals surface area contributed by atoms with E-state index in [0.29, 0.717) is 22.1 Å². The molecular formula is C15H14ClNO3S3. The molecule has 1 unspecified atom stereocenters. The van der Waals surface area contributed by atoms with Crippen LogP contribution in [0.3, 0.4) is 0 Å². The lowest BCUT2D eigenvalue weighted by molar-refractivity contribution is -0.145. The van der Waals surface area contributed by atoms with E-state index >= 15 is 0 Å². The predicted octanol–water partition coefficient (Wildman–Crippen LogP) is 3.75. The van der Waals surface area contributed by atoms with E-state index in [1.807, 2.05) is 12.3 Å². The molecule has 23 heavy (non-hydrogen) atoms. The summed E-state index contributed by atoms with van der Waals surface area (Å²) < 4.78 is 0.275. The maximum absolute atomic E-state index is 12.6. The third kappa shape index (κ3) is 4.50. The summed E-state index contributed by atoms with van der Waals surface area (Å²) in [7, 11) is 0. The zero-order valence-corrected chi connectivity index (χ0v) is 15.4. The molecule has 0 saturated carbocycles. The first-order chi connectivity index (χ1) is 10.9. The Hall–Kier alpha value is -1.02. The zero-order chi connectivity index (χ0) is 17.0. The Labute approximate surface area is 153 Å². The summed E-state index contributed by atoms with van der Waals surface area (Å²) in [6.07, 6.45) is 3.92. The third-order valence-electron chi connectivity index (χ3n) is 3.16. The molecule has 0 bridgehead atoms. The average Bonchev–Trinajstić information content (AvgIpc) is 2.75. The minimum atomic E-state index is -1.04. The molecule has 2 rings (SSSR count). The Morgan fingerprint density at radius 2 is 2.30 bits per heavy atom. The van der Waals surface area contributed by atoms with Gasteiger partial charge in [0.1, 0.15) is 10.4 Å². The molecule has 1 saturated heterocycles. The summed E-state index contributed by atoms with van der Waals surface area (Å²) in [6, 6.07) is 6.15. The van der Waals surface area contributed by atoms with Gasteiger partial charge in [0.15, 0.2) is 0 Å². The number of amides is 1. The predicted molar refractivity (Wildman–Crippen MR) is 101 cm³/mol. The summed E-state index contributed by atoms with van der Waals surface area (Å²) in [5.74, 6) is -0.769. The van der Waals surface area contributed by atoms with Crippen molar-refractivity contribution in [1.82, 2.24) is 4.90 Å². The Balaban J connectivity index is 2.26. The fourth-order valence-corrected chi connectivity index (χ4v) is 4.10. The quantitative estimate of drug-likeness (QED) is 0.592. The first-order valence-electron chi connectivity index (χ1n) is 6.68. The number of thiocarbonyl (C=S) groups is 1. The minimum Gasteiger partial charge on any atom is -0.480 e. The molecule has 8 heteroatoms. The Kier molecular flexibility index (Phi) is 6.52. The second-order valence-corrected chi connectivity index (χ2v) is 7.84. The third-order valence-corrected chi connectivity index (χ3v) is 5.37. The highest BCUT2D eigenvalue weighted by molar-refractivity contribution is 8.26. The Morgan fingerprint density at radius 1 is 1.57 bits per heavy atom. The van der Waals surface area contributed by atoms with Crippen molar-refractivity contribution in [2.45, 2.75) is 12.5 Å². The number of carboxylic acids is 1. The number of halogens is 1. The minimum absolute atomic E-state index is 0.275. The van der Waals surface area contributed by atoms with Crippen LogP contribution in [0.15, 0.2) is 29.2 Å². The lowest BCUT2D eigenvalue weighted by Gasteiger charge is -2.22. The summed E-state index contributed by atoms with van der Waals surface area (Å²) in [5, 5.41) is 9.97. The maximum atomic E-state index is 12.6. The number of carbonyl (C=O) groups excluding carboxylic acids is 1. The van der Waals surface area contributed by atoms with Crippen LogP contribution in [0.1, 0.15) is 12.0 Å². The van der Waals surface area contributed by atoms with Crippen molar-refractivity contribution in [3.05, 3.63) is 39.8 Å². The van der Waals surface area contributed by atoms with Crippen molar-refractivity contribution in [3.63, 3.8) is 0 Å². The van der Waals surface area contributed by atoms with Crippen molar-refractivity contribution >= 4 is 69.6 Å². The van der Waals surface area contributed by atoms with Crippen LogP contribution in [-0.2, 0) is 9.59 Å². The molecule has 1 aromatic rings. The molecule has 0 aliphatic carbocycles. The molecule has 4 nitrogen and oxygen atoms in total. The number of carboxylic acid groups (broad SMARTS) is 1. The molecule has 1 N–H and O–H groups in total. The second kappa shape index (κ2) is 8.19. The highest BCUT2D eigenvalue weighted by atomic mass is 35.5. The van der Waals surface area contributed by atoms with Crippen LogP contribution >= 0.6 is 47.3 Å². The maximum Gasteiger partial charge on any atom is 0.326 e. The Morgan fingerprint density at radius 3 is 2.91 bits per heavy atom. The smallest absolute Gasteiger partial charge is 0.326 e. The number of benzene rings is 1. The van der Waals surface area contributed by atoms with Crippen molar-refractivity contribution in [1.29, 1.82) is 0 Å². The standard InChI is InChI=1S/C15H14ClNO3S3/c1-22-6-5-11(14(19)20)17-13(18)12(23-15(17)21)8-9-3-2-4-10(16)7-9/h2-4,7-8,11H,5-6H2,1H3,(H,19,20)/b12-8-. The van der Waals surface area contributed by atoms with Gasteiger partial charge in [-0.15, -0.1) is 0 Å². The first kappa shape index (κ1) is 18.3. The molecule has 0 aromatic heterocycles. The van der Waals surface area contributed by atoms with Crippen LogP contribution in [0.4, 0.5) is 0 Å². The average molecular weight is 388 g/mol. The van der Waals surface area contributed by atoms with Crippen LogP contribution in [-0.4, -0.2) is 44.3 Å². The monoisotopic (exact) mass is 387 g/mol. The molecule has 1 aromatic carbocycles. The van der Waals surface area contributed by atoms with E-state index in [1.54, 1.807) is 24.3 Å². The second-order valence-electron chi connectivity index (χ2n) is 4.74. The fourth-order valence-electron chi connectivity index (χ4n) is 2.09. The van der Waals surface area contributed by atoms with E-state index in [2.05, 4.69) is 0 Å². The van der Waals surface area contributed by atoms with Gasteiger partial charge < -0.3 is 5.11 Å². The largest absolute Gasteiger partial charge is 0.480 e. The molecule has 1 atom stereocenters. The molecule has 1 aliphatic rings. The van der Waals surface area contributed by atoms with Crippen LogP contribution in [0.2, 0.25) is 5.02 Å². The lowest BCUT2D eigenvalue weighted by Crippen LogP contribution is -2.44. The van der Waals surface area contributed by atoms with Gasteiger partial charge in [-0.3, -0.25) is 9.69 Å². The van der Waals surface area contributed by atoms with E-state index in [9.17, 15) is 14.7 Å². The molecule has 122 valence electrons. The summed E-state index contributed by atoms with van der Waals surface area (Å²) >= 11 is 13.8. The molecule has 1 aliphatic heterocycles. The zero-order valence-electron chi connectivity index (χ0n) is 12.2. The summed E-state index contributed by atoms with van der Waals surface area (Å²) in [5.41, 5.74) is 0.772. The highest BCUT2D eigenvalue weighted by Gasteiger charge is 2.40. The number of thioether (sulfide) groups is 2. The molecule has 1 fully saturated rings. The van der Waals surface area contributed by atoms with Gasteiger partial charge in [-0.1, -0.05) is 47.7 Å². The normalized spacial score (nSPS) is 17.8. The van der Waals surface area contributed by atoms with Gasteiger partial charge in [0, 0.05) is 5.02 Å². The van der Waals surface area contributed by atoms with E-state index in [-0.39, 0.29) is 10.2 Å². The van der Waals surface area contributed by atoms with E-state index in [0.717, 1.165) is 17.3 Å². The van der Waals surface area contributed by atoms with Crippen molar-refractivity contribution in [2.24, 2.45) is 0 Å². The molecule has 0 spiro atoms. The van der Waals surface area contributed by atoms with E-state index < -0.39 is 12.0 Å². The number of carbonyl (C=O) groups is 2. The first-order valence-corrected chi connectivity index (χ1v) is 9.68. The summed E-state index contributed by atoms with van der Waals surface area (Å²) in [6.45, 7) is 0. The van der Waals surface area contributed by atoms with Gasteiger partial charge in [0.25, 0.3) is 5.91 Å². The van der Waals surface area contributed by atoms with Gasteiger partial charge in [-0.2, -0.15) is 11.8 Å². The molecule has 1 amide bonds. The van der Waals surface area contributed by atoms with Crippen molar-refractivity contribution < 1.29 is 14.7 Å². The van der Waals surface area contributed by atoms with Crippen LogP contribution in [0.25, 0.3) is 6.08 Å². The lowest BCUT2D eigenvalue weighted by atomic mass is 10.2. The van der Waals surface area contributed by atoms with E-state index in [1.165, 1.54) is 16.7 Å². The van der Waals surface area contributed by atoms with Gasteiger partial charge in [0.2, 0.25) is 0 Å². The number of nitrogens with zero attached hydrogens (tertiary/aromatic N) is 1. The number of hydrogen-bond donors (Lipinski definition) is 1. The highest BCUT2D eigenvalue weighted by Crippen LogP contribution is 2.35. The van der Waals surface area contributed by atoms with Crippen LogP contribution in [0, 0.1) is 0 Å². The molecular weight excluding hydrogens is 374 g/mol. The number of hydrogen-bond acceptors (Lipinski definition) is 5. The van der Waals surface area contributed by atoms with Crippen molar-refractivity contribution in [3.8, 4) is 0 Å². The van der Waals surface area contributed by atoms with E-state index in [4.69, 9.17) is 23.8 Å². The summed E-state index contributed by atoms with van der Waals surface area (Å²) in [4.78, 5) is 25.7. The fraction of sp³-hybridized carbons (Fsp3) is 0.267. The molecule has 0 radical (unpaired) electrons. The van der Waals surface area contributed by atoms with Gasteiger partial charge >= 0.3 is 5.97 Å². The topological polar surface area (TPSA) is 57.6 Å². The number of rotatable bonds is 6. The van der Waals surface area contributed by atoms with Crippen molar-refractivity contribution in [2.75, 3.05) is 12.0 Å². The Bertz CT molecular complexity index is 678. The van der Waals surface area contributed by atoms with Crippen LogP contribution < -0.4 is 0 Å². The van der Waals surface area contributed by atoms with Gasteiger partial charge in [-0.25, -0.2) is 4.79 Å². The molecule has 1 heterocycles. The SMILES string of the molecule is CSCCC(C(=O)O)N1C(=O)/C(=C/c2cccc(Cl)c2)SC1=S. The van der Waals surface area contributed by atoms with Gasteiger partial charge in [0.05, 0.1) is 4.91 Å². The van der Waals surface area contributed by atoms with Gasteiger partial charge in [-0.05, 0) is 42.2 Å². The van der Waals surface area contributed by atoms with Crippen LogP contribution in [0.5, 0.6) is 0 Å².